The summed E-state index contributed by atoms with van der Waals surface area (Å²) in [5.41, 5.74) is 0. The van der Waals surface area contributed by atoms with E-state index < -0.39 is 24.1 Å². The minimum atomic E-state index is -1.73. The lowest BCUT2D eigenvalue weighted by Crippen LogP contribution is -2.17. The fourth-order valence-corrected chi connectivity index (χ4v) is 0.239. The topological polar surface area (TPSA) is 101 Å². The predicted octanol–water partition coefficient (Wildman–Crippen LogP) is -0.954. The van der Waals surface area contributed by atoms with E-state index >= 15 is 0 Å². The van der Waals surface area contributed by atoms with Gasteiger partial charge in [0, 0.05) is 0 Å². The van der Waals surface area contributed by atoms with Crippen LogP contribution < -0.4 is 0 Å². The second-order valence-electron chi connectivity index (χ2n) is 1.37. The zero-order chi connectivity index (χ0) is 8.15. The molecule has 0 heterocycles. The molecule has 0 saturated carbocycles. The summed E-state index contributed by atoms with van der Waals surface area (Å²) in [7, 11) is 0. The largest absolute Gasteiger partial charge is 0.475 e. The summed E-state index contributed by atoms with van der Waals surface area (Å²) >= 11 is 0. The minimum Gasteiger partial charge on any atom is -0.475 e. The van der Waals surface area contributed by atoms with E-state index in [0.717, 1.165) is 0 Å². The van der Waals surface area contributed by atoms with Gasteiger partial charge in [0.05, 0.1) is 0 Å². The maximum absolute atomic E-state index is 10.1. The molecular weight excluding hydrogens is 144 g/mol. The fraction of sp³-hybridized carbons (Fsp3) is 0.250. The summed E-state index contributed by atoms with van der Waals surface area (Å²) in [4.78, 5) is 32.8. The lowest BCUT2D eigenvalue weighted by atomic mass is 10.3. The standard InChI is InChI=1S/C4H4O6/c5-2(4(7)8)1-3(6)10-9/h9H,1H2,(H,7,8). The summed E-state index contributed by atoms with van der Waals surface area (Å²) in [6, 6.07) is 0. The first kappa shape index (κ1) is 8.57. The zero-order valence-electron chi connectivity index (χ0n) is 4.73. The Morgan fingerprint density at radius 2 is 1.80 bits per heavy atom. The van der Waals surface area contributed by atoms with E-state index in [0.29, 0.717) is 0 Å². The Balaban J connectivity index is 3.80. The van der Waals surface area contributed by atoms with Gasteiger partial charge in [0.1, 0.15) is 6.42 Å². The van der Waals surface area contributed by atoms with Gasteiger partial charge in [-0.05, 0) is 0 Å². The Morgan fingerprint density at radius 3 is 2.10 bits per heavy atom. The molecule has 0 fully saturated rings. The van der Waals surface area contributed by atoms with E-state index in [4.69, 9.17) is 10.4 Å². The average Bonchev–Trinajstić information content (AvgIpc) is 1.87. The number of carbonyl (C=O) groups is 3. The van der Waals surface area contributed by atoms with Gasteiger partial charge in [0.25, 0.3) is 5.78 Å². The third-order valence-electron chi connectivity index (χ3n) is 0.645. The van der Waals surface area contributed by atoms with E-state index in [9.17, 15) is 14.4 Å². The Kier molecular flexibility index (Phi) is 3.06. The van der Waals surface area contributed by atoms with Crippen LogP contribution in [0.2, 0.25) is 0 Å². The lowest BCUT2D eigenvalue weighted by Gasteiger charge is -1.89. The van der Waals surface area contributed by atoms with Gasteiger partial charge < -0.3 is 9.99 Å². The highest BCUT2D eigenvalue weighted by Gasteiger charge is 2.17. The van der Waals surface area contributed by atoms with Crippen molar-refractivity contribution in [1.82, 2.24) is 0 Å². The van der Waals surface area contributed by atoms with Crippen LogP contribution >= 0.6 is 0 Å². The molecule has 0 aromatic carbocycles. The van der Waals surface area contributed by atoms with Crippen molar-refractivity contribution in [2.24, 2.45) is 0 Å². The van der Waals surface area contributed by atoms with Gasteiger partial charge >= 0.3 is 11.9 Å². The summed E-state index contributed by atoms with van der Waals surface area (Å²) in [6.45, 7) is 0. The number of rotatable bonds is 3. The predicted molar refractivity (Wildman–Crippen MR) is 26.0 cm³/mol. The van der Waals surface area contributed by atoms with Crippen LogP contribution in [-0.4, -0.2) is 28.1 Å². The quantitative estimate of drug-likeness (QED) is 0.231. The van der Waals surface area contributed by atoms with Crippen molar-refractivity contribution >= 4 is 17.7 Å². The summed E-state index contributed by atoms with van der Waals surface area (Å²) in [5.74, 6) is -4.34. The summed E-state index contributed by atoms with van der Waals surface area (Å²) in [6.07, 6.45) is -0.953. The van der Waals surface area contributed by atoms with E-state index in [1.807, 2.05) is 0 Å². The van der Waals surface area contributed by atoms with Crippen molar-refractivity contribution in [3.8, 4) is 0 Å². The molecule has 0 spiro atoms. The molecule has 0 atom stereocenters. The normalized spacial score (nSPS) is 8.50. The van der Waals surface area contributed by atoms with Crippen LogP contribution in [-0.2, 0) is 19.3 Å². The number of Topliss-reactive ketones (excluding diaryl/α,β-unsaturated/α-hetero) is 1. The smallest absolute Gasteiger partial charge is 0.372 e. The maximum Gasteiger partial charge on any atom is 0.372 e. The van der Waals surface area contributed by atoms with Crippen LogP contribution in [0.3, 0.4) is 0 Å². The zero-order valence-corrected chi connectivity index (χ0v) is 4.73. The van der Waals surface area contributed by atoms with Crippen LogP contribution in [0.4, 0.5) is 0 Å². The van der Waals surface area contributed by atoms with Crippen LogP contribution in [0.15, 0.2) is 0 Å². The molecule has 6 nitrogen and oxygen atoms in total. The molecule has 0 saturated heterocycles. The molecule has 0 amide bonds. The third-order valence-corrected chi connectivity index (χ3v) is 0.645. The van der Waals surface area contributed by atoms with Crippen molar-refractivity contribution < 1.29 is 29.6 Å². The van der Waals surface area contributed by atoms with Gasteiger partial charge in [0.2, 0.25) is 0 Å². The van der Waals surface area contributed by atoms with Crippen molar-refractivity contribution in [2.45, 2.75) is 6.42 Å². The van der Waals surface area contributed by atoms with E-state index in [-0.39, 0.29) is 0 Å². The molecule has 0 bridgehead atoms. The van der Waals surface area contributed by atoms with Crippen LogP contribution in [0.5, 0.6) is 0 Å². The molecule has 56 valence electrons. The van der Waals surface area contributed by atoms with E-state index in [1.165, 1.54) is 0 Å². The summed E-state index contributed by atoms with van der Waals surface area (Å²) < 4.78 is 0. The Labute approximate surface area is 54.9 Å². The molecule has 0 aliphatic carbocycles. The number of hydrogen-bond acceptors (Lipinski definition) is 5. The van der Waals surface area contributed by atoms with Gasteiger partial charge in [-0.2, -0.15) is 5.26 Å². The summed E-state index contributed by atoms with van der Waals surface area (Å²) in [5, 5.41) is 15.5. The second-order valence-corrected chi connectivity index (χ2v) is 1.37. The Bertz CT molecular complexity index is 171. The first-order valence-electron chi connectivity index (χ1n) is 2.18. The molecule has 0 aromatic rings. The molecule has 0 radical (unpaired) electrons. The van der Waals surface area contributed by atoms with Crippen LogP contribution in [0.25, 0.3) is 0 Å². The first-order valence-corrected chi connectivity index (χ1v) is 2.18. The van der Waals surface area contributed by atoms with Gasteiger partial charge in [-0.25, -0.2) is 9.59 Å². The van der Waals surface area contributed by atoms with Gasteiger partial charge in [-0.15, -0.1) is 0 Å². The van der Waals surface area contributed by atoms with Crippen molar-refractivity contribution in [3.05, 3.63) is 0 Å². The van der Waals surface area contributed by atoms with Crippen LogP contribution in [0.1, 0.15) is 6.42 Å². The first-order chi connectivity index (χ1) is 4.57. The molecule has 0 aromatic heterocycles. The maximum atomic E-state index is 10.1. The molecule has 0 aliphatic heterocycles. The number of ketones is 1. The van der Waals surface area contributed by atoms with Gasteiger partial charge in [-0.3, -0.25) is 4.79 Å². The molecular formula is C4H4O6. The average molecular weight is 148 g/mol. The molecule has 6 heteroatoms. The fourth-order valence-electron chi connectivity index (χ4n) is 0.239. The second kappa shape index (κ2) is 3.57. The minimum absolute atomic E-state index is 0.953. The number of carboxylic acids is 1. The van der Waals surface area contributed by atoms with Gasteiger partial charge in [-0.1, -0.05) is 0 Å². The highest BCUT2D eigenvalue weighted by atomic mass is 17.1. The number of carboxylic acid groups (broad SMARTS) is 1. The molecule has 10 heavy (non-hydrogen) atoms. The Morgan fingerprint density at radius 1 is 1.30 bits per heavy atom. The van der Waals surface area contributed by atoms with Crippen molar-refractivity contribution in [2.75, 3.05) is 0 Å². The Hall–Kier alpha value is -1.43. The third kappa shape index (κ3) is 2.78. The number of hydrogen-bond donors (Lipinski definition) is 2. The SMILES string of the molecule is O=C(CC(=O)C(=O)O)OO. The molecule has 2 N–H and O–H groups in total. The number of carbonyl (C=O) groups excluding carboxylic acids is 2. The highest BCUT2D eigenvalue weighted by Crippen LogP contribution is 1.85. The lowest BCUT2D eigenvalue weighted by molar-refractivity contribution is -0.233. The van der Waals surface area contributed by atoms with Crippen molar-refractivity contribution in [3.63, 3.8) is 0 Å². The molecule has 0 aliphatic rings. The highest BCUT2D eigenvalue weighted by molar-refractivity contribution is 6.35. The van der Waals surface area contributed by atoms with Crippen LogP contribution in [0, 0.1) is 0 Å². The van der Waals surface area contributed by atoms with Gasteiger partial charge in [0.15, 0.2) is 0 Å². The molecule has 0 unspecified atom stereocenters. The molecule has 0 rings (SSSR count). The number of aliphatic carboxylic acids is 1. The van der Waals surface area contributed by atoms with E-state index in [1.54, 1.807) is 0 Å². The van der Waals surface area contributed by atoms with Crippen molar-refractivity contribution in [1.29, 1.82) is 0 Å². The van der Waals surface area contributed by atoms with E-state index in [2.05, 4.69) is 4.89 Å². The monoisotopic (exact) mass is 148 g/mol.